The molecule has 2 aromatic rings. The predicted molar refractivity (Wildman–Crippen MR) is 143 cm³/mol. The number of hydrogen-bond acceptors (Lipinski definition) is 7. The average molecular weight is 495 g/mol. The van der Waals surface area contributed by atoms with Crippen molar-refractivity contribution in [1.29, 1.82) is 0 Å². The highest BCUT2D eigenvalue weighted by atomic mass is 16.2. The fraction of sp³-hybridized carbons (Fsp3) is 0.704. The maximum absolute atomic E-state index is 13.1. The van der Waals surface area contributed by atoms with E-state index in [4.69, 9.17) is 9.97 Å². The molecule has 9 heteroatoms. The van der Waals surface area contributed by atoms with Crippen LogP contribution in [0.3, 0.4) is 0 Å². The van der Waals surface area contributed by atoms with Crippen molar-refractivity contribution < 1.29 is 4.79 Å². The van der Waals surface area contributed by atoms with Crippen LogP contribution < -0.4 is 10.2 Å². The fourth-order valence-corrected chi connectivity index (χ4v) is 5.91. The summed E-state index contributed by atoms with van der Waals surface area (Å²) in [5, 5.41) is 10.7. The minimum absolute atomic E-state index is 0.262. The summed E-state index contributed by atoms with van der Waals surface area (Å²) in [6, 6.07) is 4.04. The van der Waals surface area contributed by atoms with Crippen LogP contribution in [0, 0.1) is 18.8 Å². The topological polar surface area (TPSA) is 93.3 Å². The van der Waals surface area contributed by atoms with Crippen molar-refractivity contribution in [3.8, 4) is 0 Å². The molecule has 2 aromatic heterocycles. The van der Waals surface area contributed by atoms with Gasteiger partial charge in [0.2, 0.25) is 5.91 Å². The van der Waals surface area contributed by atoms with E-state index < -0.39 is 0 Å². The Morgan fingerprint density at radius 1 is 0.944 bits per heavy atom. The Morgan fingerprint density at radius 3 is 2.50 bits per heavy atom. The molecule has 2 N–H and O–H groups in total. The van der Waals surface area contributed by atoms with Gasteiger partial charge in [0.25, 0.3) is 0 Å². The predicted octanol–water partition coefficient (Wildman–Crippen LogP) is 3.76. The lowest BCUT2D eigenvalue weighted by atomic mass is 9.88. The second-order valence-electron chi connectivity index (χ2n) is 11.0. The van der Waals surface area contributed by atoms with Crippen LogP contribution in [0.4, 0.5) is 17.5 Å². The maximum atomic E-state index is 13.1. The zero-order valence-corrected chi connectivity index (χ0v) is 22.0. The Morgan fingerprint density at radius 2 is 1.75 bits per heavy atom. The number of likely N-dealkylation sites (tertiary alicyclic amines) is 1. The number of aryl methyl sites for hydroxylation is 1. The van der Waals surface area contributed by atoms with Gasteiger partial charge >= 0.3 is 0 Å². The van der Waals surface area contributed by atoms with Crippen LogP contribution in [0.25, 0.3) is 0 Å². The van der Waals surface area contributed by atoms with Gasteiger partial charge in [-0.15, -0.1) is 0 Å². The normalized spacial score (nSPS) is 22.4. The summed E-state index contributed by atoms with van der Waals surface area (Å²) < 4.78 is 0. The van der Waals surface area contributed by atoms with Gasteiger partial charge in [-0.25, -0.2) is 9.97 Å². The van der Waals surface area contributed by atoms with Gasteiger partial charge in [0.1, 0.15) is 17.5 Å². The minimum atomic E-state index is 0.262. The molecule has 0 bridgehead atoms. The van der Waals surface area contributed by atoms with E-state index in [-0.39, 0.29) is 5.92 Å². The Balaban J connectivity index is 1.27. The van der Waals surface area contributed by atoms with Gasteiger partial charge in [-0.05, 0) is 52.0 Å². The third-order valence-electron chi connectivity index (χ3n) is 8.13. The molecule has 0 aromatic carbocycles. The lowest BCUT2D eigenvalue weighted by Gasteiger charge is -2.33. The van der Waals surface area contributed by atoms with Gasteiger partial charge in [-0.3, -0.25) is 9.89 Å². The number of amides is 1. The van der Waals surface area contributed by atoms with E-state index in [1.807, 2.05) is 13.0 Å². The van der Waals surface area contributed by atoms with Crippen LogP contribution >= 0.6 is 0 Å². The number of rotatable bonds is 6. The summed E-state index contributed by atoms with van der Waals surface area (Å²) in [4.78, 5) is 29.9. The number of aromatic nitrogens is 4. The molecule has 3 fully saturated rings. The van der Waals surface area contributed by atoms with Crippen molar-refractivity contribution in [2.24, 2.45) is 11.8 Å². The van der Waals surface area contributed by atoms with Crippen LogP contribution in [0.15, 0.2) is 12.1 Å². The second kappa shape index (κ2) is 11.6. The van der Waals surface area contributed by atoms with Crippen molar-refractivity contribution in [2.75, 3.05) is 56.5 Å². The Kier molecular flexibility index (Phi) is 8.04. The molecule has 1 saturated carbocycles. The summed E-state index contributed by atoms with van der Waals surface area (Å²) in [5.74, 6) is 4.61. The van der Waals surface area contributed by atoms with Crippen molar-refractivity contribution >= 4 is 23.4 Å². The number of likely N-dealkylation sites (N-methyl/N-ethyl adjacent to an activating group) is 1. The summed E-state index contributed by atoms with van der Waals surface area (Å²) in [6.45, 7) is 7.77. The lowest BCUT2D eigenvalue weighted by Crippen LogP contribution is -2.45. The highest BCUT2D eigenvalue weighted by molar-refractivity contribution is 5.79. The van der Waals surface area contributed by atoms with Crippen molar-refractivity contribution in [3.05, 3.63) is 23.7 Å². The number of carbonyl (C=O) groups is 1. The lowest BCUT2D eigenvalue weighted by molar-refractivity contribution is -0.136. The van der Waals surface area contributed by atoms with E-state index in [0.29, 0.717) is 11.8 Å². The number of H-pyrrole nitrogens is 1. The molecule has 196 valence electrons. The fourth-order valence-electron chi connectivity index (χ4n) is 5.91. The Bertz CT molecular complexity index is 1010. The zero-order chi connectivity index (χ0) is 24.9. The smallest absolute Gasteiger partial charge is 0.225 e. The molecule has 4 heterocycles. The second-order valence-corrected chi connectivity index (χ2v) is 11.0. The Hall–Kier alpha value is -2.68. The molecule has 0 radical (unpaired) electrons. The molecular weight excluding hydrogens is 452 g/mol. The zero-order valence-electron chi connectivity index (χ0n) is 22.0. The molecule has 0 spiro atoms. The number of aromatic amines is 1. The quantitative estimate of drug-likeness (QED) is 0.632. The van der Waals surface area contributed by atoms with Gasteiger partial charge in [-0.2, -0.15) is 5.10 Å². The van der Waals surface area contributed by atoms with Gasteiger partial charge in [-0.1, -0.05) is 19.3 Å². The summed E-state index contributed by atoms with van der Waals surface area (Å²) in [7, 11) is 2.17. The van der Waals surface area contributed by atoms with Gasteiger partial charge in [0, 0.05) is 69.4 Å². The van der Waals surface area contributed by atoms with Gasteiger partial charge < -0.3 is 20.0 Å². The number of nitrogens with zero attached hydrogens (tertiary/aromatic N) is 6. The van der Waals surface area contributed by atoms with Crippen LogP contribution in [-0.2, 0) is 11.2 Å². The van der Waals surface area contributed by atoms with Crippen LogP contribution in [-0.4, -0.2) is 82.2 Å². The third-order valence-corrected chi connectivity index (χ3v) is 8.13. The summed E-state index contributed by atoms with van der Waals surface area (Å²) in [5.41, 5.74) is 1.01. The first-order valence-electron chi connectivity index (χ1n) is 13.9. The molecular formula is C27H42N8O. The van der Waals surface area contributed by atoms with E-state index in [0.717, 1.165) is 107 Å². The summed E-state index contributed by atoms with van der Waals surface area (Å²) >= 11 is 0. The molecule has 3 aliphatic rings. The molecule has 2 aliphatic heterocycles. The van der Waals surface area contributed by atoms with Crippen LogP contribution in [0.1, 0.15) is 62.9 Å². The van der Waals surface area contributed by atoms with Crippen LogP contribution in [0.2, 0.25) is 0 Å². The number of hydrogen-bond donors (Lipinski definition) is 2. The number of nitrogens with one attached hydrogen (secondary N) is 2. The molecule has 1 aliphatic carbocycles. The van der Waals surface area contributed by atoms with E-state index in [9.17, 15) is 4.79 Å². The first-order valence-corrected chi connectivity index (χ1v) is 13.9. The molecule has 36 heavy (non-hydrogen) atoms. The van der Waals surface area contributed by atoms with Crippen molar-refractivity contribution in [3.63, 3.8) is 0 Å². The highest BCUT2D eigenvalue weighted by Gasteiger charge is 2.28. The first kappa shape index (κ1) is 25.0. The molecule has 0 unspecified atom stereocenters. The van der Waals surface area contributed by atoms with Crippen molar-refractivity contribution in [2.45, 2.75) is 64.7 Å². The van der Waals surface area contributed by atoms with E-state index in [1.54, 1.807) is 0 Å². The monoisotopic (exact) mass is 494 g/mol. The van der Waals surface area contributed by atoms with Gasteiger partial charge in [0.05, 0.1) is 0 Å². The number of carbonyl (C=O) groups excluding carboxylic acids is 1. The van der Waals surface area contributed by atoms with Gasteiger partial charge in [0.15, 0.2) is 5.82 Å². The van der Waals surface area contributed by atoms with E-state index in [1.165, 1.54) is 19.3 Å². The number of anilines is 3. The third kappa shape index (κ3) is 6.35. The maximum Gasteiger partial charge on any atom is 0.225 e. The largest absolute Gasteiger partial charge is 0.354 e. The van der Waals surface area contributed by atoms with E-state index >= 15 is 0 Å². The highest BCUT2D eigenvalue weighted by Crippen LogP contribution is 2.29. The van der Waals surface area contributed by atoms with Crippen LogP contribution in [0.5, 0.6) is 0 Å². The average Bonchev–Trinajstić information content (AvgIpc) is 3.15. The van der Waals surface area contributed by atoms with Crippen molar-refractivity contribution in [1.82, 2.24) is 30.0 Å². The molecule has 5 rings (SSSR count). The van der Waals surface area contributed by atoms with E-state index in [2.05, 4.69) is 43.3 Å². The minimum Gasteiger partial charge on any atom is -0.354 e. The first-order chi connectivity index (χ1) is 17.5. The standard InChI is InChI=1S/C27H42N8O/c1-20-17-25(32-31-20)29-24-19-26(34-15-13-33(2)14-16-34)30-23(28-24)18-21-7-6-11-35(12-10-21)27(36)22-8-4-3-5-9-22/h17,19,21-22H,3-16,18H2,1-2H3,(H2,28,29,30,31,32)/t21-/m0/s1. The molecule has 9 nitrogen and oxygen atoms in total. The molecule has 1 amide bonds. The Labute approximate surface area is 215 Å². The SMILES string of the molecule is Cc1cc(Nc2cc(N3CCN(C)CC3)nc(C[C@H]3CCCN(C(=O)C4CCCCC4)CC3)n2)n[nH]1. The molecule has 2 saturated heterocycles. The molecule has 1 atom stereocenters. The number of piperazine rings is 1. The summed E-state index contributed by atoms with van der Waals surface area (Å²) in [6.07, 6.45) is 9.94.